The Bertz CT molecular complexity index is 1170. The third-order valence-electron chi connectivity index (χ3n) is 4.39. The van der Waals surface area contributed by atoms with E-state index in [1.165, 1.54) is 30.1 Å². The molecule has 30 heavy (non-hydrogen) atoms. The van der Waals surface area contributed by atoms with E-state index in [2.05, 4.69) is 5.32 Å². The van der Waals surface area contributed by atoms with Gasteiger partial charge in [0.2, 0.25) is 5.91 Å². The first kappa shape index (κ1) is 21.2. The molecule has 2 aromatic carbocycles. The minimum atomic E-state index is -0.783. The van der Waals surface area contributed by atoms with Gasteiger partial charge in [0.05, 0.1) is 25.8 Å². The van der Waals surface area contributed by atoms with Crippen molar-refractivity contribution in [2.24, 2.45) is 0 Å². The number of anilines is 1. The maximum atomic E-state index is 12.4. The van der Waals surface area contributed by atoms with Crippen molar-refractivity contribution in [3.05, 3.63) is 86.2 Å². The topological polar surface area (TPSA) is 91.6 Å². The van der Waals surface area contributed by atoms with E-state index in [0.29, 0.717) is 22.2 Å². The smallest absolute Gasteiger partial charge is 0.316 e. The van der Waals surface area contributed by atoms with Crippen LogP contribution in [0, 0.1) is 0 Å². The molecular weight excluding hydrogens is 410 g/mol. The van der Waals surface area contributed by atoms with E-state index in [0.717, 1.165) is 10.1 Å². The Hall–Kier alpha value is -3.52. The molecule has 0 aliphatic heterocycles. The van der Waals surface area contributed by atoms with Crippen LogP contribution in [-0.4, -0.2) is 29.3 Å². The van der Waals surface area contributed by atoms with Crippen LogP contribution < -0.4 is 25.9 Å². The van der Waals surface area contributed by atoms with Crippen molar-refractivity contribution in [2.45, 2.75) is 13.1 Å². The van der Waals surface area contributed by atoms with Crippen molar-refractivity contribution < 1.29 is 14.3 Å². The Balaban J connectivity index is 1.71. The van der Waals surface area contributed by atoms with E-state index in [-0.39, 0.29) is 13.1 Å². The number of ether oxygens (including phenoxy) is 2. The summed E-state index contributed by atoms with van der Waals surface area (Å²) >= 11 is 6.04. The van der Waals surface area contributed by atoms with Crippen LogP contribution >= 0.6 is 11.6 Å². The highest BCUT2D eigenvalue weighted by molar-refractivity contribution is 6.32. The minimum Gasteiger partial charge on any atom is -0.497 e. The Labute approximate surface area is 177 Å². The van der Waals surface area contributed by atoms with Crippen molar-refractivity contribution in [3.63, 3.8) is 0 Å². The number of hydrogen-bond acceptors (Lipinski definition) is 5. The lowest BCUT2D eigenvalue weighted by Crippen LogP contribution is -2.42. The zero-order valence-corrected chi connectivity index (χ0v) is 17.2. The van der Waals surface area contributed by atoms with Crippen LogP contribution in [0.25, 0.3) is 0 Å². The molecule has 0 atom stereocenters. The molecule has 1 amide bonds. The fourth-order valence-corrected chi connectivity index (χ4v) is 3.08. The number of methoxy groups -OCH3 is 2. The number of benzene rings is 2. The summed E-state index contributed by atoms with van der Waals surface area (Å²) in [4.78, 5) is 37.1. The SMILES string of the molecule is COc1ccc(Cn2ccn(CC(=O)Nc3ccc(OC)c(Cl)c3)c(=O)c2=O)cc1. The number of halogens is 1. The first-order valence-corrected chi connectivity index (χ1v) is 9.35. The maximum Gasteiger partial charge on any atom is 0.316 e. The van der Waals surface area contributed by atoms with E-state index in [1.807, 2.05) is 12.1 Å². The molecule has 0 bridgehead atoms. The van der Waals surface area contributed by atoms with Gasteiger partial charge in [-0.2, -0.15) is 0 Å². The van der Waals surface area contributed by atoms with E-state index in [1.54, 1.807) is 31.4 Å². The second-order valence-electron chi connectivity index (χ2n) is 6.41. The molecule has 1 heterocycles. The number of carbonyl (C=O) groups is 1. The summed E-state index contributed by atoms with van der Waals surface area (Å²) in [6, 6.07) is 11.9. The lowest BCUT2D eigenvalue weighted by molar-refractivity contribution is -0.116. The fourth-order valence-electron chi connectivity index (χ4n) is 2.82. The van der Waals surface area contributed by atoms with Gasteiger partial charge in [0.1, 0.15) is 18.0 Å². The van der Waals surface area contributed by atoms with Crippen LogP contribution in [0.3, 0.4) is 0 Å². The molecule has 0 saturated heterocycles. The van der Waals surface area contributed by atoms with E-state index in [4.69, 9.17) is 21.1 Å². The van der Waals surface area contributed by atoms with Crippen LogP contribution in [0.5, 0.6) is 11.5 Å². The predicted octanol–water partition coefficient (Wildman–Crippen LogP) is 2.37. The van der Waals surface area contributed by atoms with Gasteiger partial charge in [-0.1, -0.05) is 23.7 Å². The predicted molar refractivity (Wildman–Crippen MR) is 114 cm³/mol. The molecule has 0 unspecified atom stereocenters. The summed E-state index contributed by atoms with van der Waals surface area (Å²) in [7, 11) is 3.06. The number of hydrogen-bond donors (Lipinski definition) is 1. The second kappa shape index (κ2) is 9.32. The van der Waals surface area contributed by atoms with Gasteiger partial charge in [0.25, 0.3) is 0 Å². The van der Waals surface area contributed by atoms with Gasteiger partial charge in [0.15, 0.2) is 0 Å². The molecule has 0 aliphatic rings. The standard InChI is InChI=1S/C21H20ClN3O5/c1-29-16-6-3-14(4-7-16)12-24-9-10-25(21(28)20(24)27)13-19(26)23-15-5-8-18(30-2)17(22)11-15/h3-11H,12-13H2,1-2H3,(H,23,26). The third kappa shape index (κ3) is 4.90. The molecule has 156 valence electrons. The zero-order valence-electron chi connectivity index (χ0n) is 16.4. The monoisotopic (exact) mass is 429 g/mol. The van der Waals surface area contributed by atoms with Crippen molar-refractivity contribution in [3.8, 4) is 11.5 Å². The molecule has 3 rings (SSSR count). The molecule has 9 heteroatoms. The Morgan fingerprint density at radius 3 is 2.27 bits per heavy atom. The quantitative estimate of drug-likeness (QED) is 0.582. The summed E-state index contributed by atoms with van der Waals surface area (Å²) in [6.07, 6.45) is 2.89. The van der Waals surface area contributed by atoms with Gasteiger partial charge in [0, 0.05) is 18.1 Å². The molecular formula is C21H20ClN3O5. The lowest BCUT2D eigenvalue weighted by Gasteiger charge is -2.11. The summed E-state index contributed by atoms with van der Waals surface area (Å²) in [5, 5.41) is 2.98. The zero-order chi connectivity index (χ0) is 21.7. The lowest BCUT2D eigenvalue weighted by atomic mass is 10.2. The Morgan fingerprint density at radius 2 is 1.63 bits per heavy atom. The minimum absolute atomic E-state index is 0.232. The van der Waals surface area contributed by atoms with Crippen LogP contribution in [0.4, 0.5) is 5.69 Å². The summed E-state index contributed by atoms with van der Waals surface area (Å²) in [5.74, 6) is 0.711. The van der Waals surface area contributed by atoms with Gasteiger partial charge < -0.3 is 19.4 Å². The first-order chi connectivity index (χ1) is 14.4. The number of nitrogens with zero attached hydrogens (tertiary/aromatic N) is 2. The Kier molecular flexibility index (Phi) is 6.58. The summed E-state index contributed by atoms with van der Waals surface area (Å²) in [6.45, 7) is -0.0729. The molecule has 1 aromatic heterocycles. The normalized spacial score (nSPS) is 10.5. The highest BCUT2D eigenvalue weighted by atomic mass is 35.5. The molecule has 8 nitrogen and oxygen atoms in total. The third-order valence-corrected chi connectivity index (χ3v) is 4.69. The molecule has 3 aromatic rings. The summed E-state index contributed by atoms with van der Waals surface area (Å²) in [5.41, 5.74) is -0.210. The van der Waals surface area contributed by atoms with E-state index < -0.39 is 17.0 Å². The molecule has 0 radical (unpaired) electrons. The molecule has 0 saturated carbocycles. The molecule has 0 spiro atoms. The second-order valence-corrected chi connectivity index (χ2v) is 6.82. The van der Waals surface area contributed by atoms with Crippen molar-refractivity contribution in [2.75, 3.05) is 19.5 Å². The highest BCUT2D eigenvalue weighted by Crippen LogP contribution is 2.27. The molecule has 0 aliphatic carbocycles. The van der Waals surface area contributed by atoms with Crippen LogP contribution in [-0.2, 0) is 17.9 Å². The summed E-state index contributed by atoms with van der Waals surface area (Å²) < 4.78 is 12.5. The largest absolute Gasteiger partial charge is 0.497 e. The first-order valence-electron chi connectivity index (χ1n) is 8.97. The average molecular weight is 430 g/mol. The molecule has 0 fully saturated rings. The van der Waals surface area contributed by atoms with Gasteiger partial charge in [-0.05, 0) is 35.9 Å². The van der Waals surface area contributed by atoms with E-state index >= 15 is 0 Å². The van der Waals surface area contributed by atoms with Gasteiger partial charge in [-0.15, -0.1) is 0 Å². The van der Waals surface area contributed by atoms with Crippen LogP contribution in [0.2, 0.25) is 5.02 Å². The number of nitrogens with one attached hydrogen (secondary N) is 1. The highest BCUT2D eigenvalue weighted by Gasteiger charge is 2.11. The number of rotatable bonds is 7. The van der Waals surface area contributed by atoms with Crippen molar-refractivity contribution in [1.29, 1.82) is 0 Å². The number of amides is 1. The molecule has 1 N–H and O–H groups in total. The van der Waals surface area contributed by atoms with Crippen molar-refractivity contribution in [1.82, 2.24) is 9.13 Å². The average Bonchev–Trinajstić information content (AvgIpc) is 2.74. The van der Waals surface area contributed by atoms with Gasteiger partial charge in [-0.3, -0.25) is 19.0 Å². The van der Waals surface area contributed by atoms with Gasteiger partial charge in [-0.25, -0.2) is 0 Å². The van der Waals surface area contributed by atoms with Gasteiger partial charge >= 0.3 is 11.1 Å². The van der Waals surface area contributed by atoms with E-state index in [9.17, 15) is 14.4 Å². The number of carbonyl (C=O) groups excluding carboxylic acids is 1. The van der Waals surface area contributed by atoms with Crippen LogP contribution in [0.1, 0.15) is 5.56 Å². The maximum absolute atomic E-state index is 12.4. The van der Waals surface area contributed by atoms with Crippen molar-refractivity contribution >= 4 is 23.2 Å². The fraction of sp³-hybridized carbons (Fsp3) is 0.190. The van der Waals surface area contributed by atoms with Crippen LogP contribution in [0.15, 0.2) is 64.4 Å². The number of aromatic nitrogens is 2. The Morgan fingerprint density at radius 1 is 0.967 bits per heavy atom.